The van der Waals surface area contributed by atoms with E-state index in [-0.39, 0.29) is 0 Å². The van der Waals surface area contributed by atoms with Gasteiger partial charge in [0.15, 0.2) is 0 Å². The highest BCUT2D eigenvalue weighted by Gasteiger charge is 2.27. The fraction of sp³-hybridized carbons (Fsp3) is 0.632. The summed E-state index contributed by atoms with van der Waals surface area (Å²) in [5.41, 5.74) is 0.929. The van der Waals surface area contributed by atoms with E-state index in [0.29, 0.717) is 12.2 Å². The van der Waals surface area contributed by atoms with Crippen LogP contribution in [0.5, 0.6) is 0 Å². The molecule has 4 heterocycles. The monoisotopic (exact) mass is 329 g/mol. The minimum atomic E-state index is 0.358. The molecule has 0 aromatic carbocycles. The third kappa shape index (κ3) is 3.28. The highest BCUT2D eigenvalue weighted by Crippen LogP contribution is 2.29. The number of fused-ring (bicyclic) bond motifs is 1. The molecule has 2 aromatic heterocycles. The standard InChI is InChI=1S/C19H27N3O2/c1-14-11-21(12-15(2)24-14)13-16-4-8-22(9-5-16)19-17-6-10-23-18(17)3-7-20-19/h3,6-7,10,14-16H,4-5,8-9,11-13H2,1-2H3. The van der Waals surface area contributed by atoms with Crippen molar-refractivity contribution in [2.75, 3.05) is 37.6 Å². The summed E-state index contributed by atoms with van der Waals surface area (Å²) < 4.78 is 11.4. The number of morpholine rings is 1. The molecule has 130 valence electrons. The van der Waals surface area contributed by atoms with E-state index in [9.17, 15) is 0 Å². The number of hydrogen-bond donors (Lipinski definition) is 0. The molecule has 0 radical (unpaired) electrons. The van der Waals surface area contributed by atoms with Crippen molar-refractivity contribution in [1.82, 2.24) is 9.88 Å². The number of nitrogens with zero attached hydrogens (tertiary/aromatic N) is 3. The van der Waals surface area contributed by atoms with Gasteiger partial charge in [-0.25, -0.2) is 4.98 Å². The summed E-state index contributed by atoms with van der Waals surface area (Å²) in [5, 5.41) is 1.13. The van der Waals surface area contributed by atoms with Crippen LogP contribution in [0.15, 0.2) is 29.0 Å². The first-order valence-electron chi connectivity index (χ1n) is 9.14. The van der Waals surface area contributed by atoms with Crippen molar-refractivity contribution in [3.63, 3.8) is 0 Å². The summed E-state index contributed by atoms with van der Waals surface area (Å²) in [6.07, 6.45) is 6.78. The maximum absolute atomic E-state index is 5.85. The van der Waals surface area contributed by atoms with Crippen LogP contribution in [0.2, 0.25) is 0 Å². The van der Waals surface area contributed by atoms with E-state index in [1.54, 1.807) is 6.26 Å². The molecule has 2 aliphatic heterocycles. The van der Waals surface area contributed by atoms with E-state index in [4.69, 9.17) is 9.15 Å². The molecule has 2 aromatic rings. The average Bonchev–Trinajstić information content (AvgIpc) is 3.03. The van der Waals surface area contributed by atoms with Crippen molar-refractivity contribution in [2.45, 2.75) is 38.9 Å². The molecule has 2 saturated heterocycles. The van der Waals surface area contributed by atoms with Crippen molar-refractivity contribution < 1.29 is 9.15 Å². The van der Waals surface area contributed by atoms with Crippen LogP contribution >= 0.6 is 0 Å². The van der Waals surface area contributed by atoms with Crippen LogP contribution in [0.1, 0.15) is 26.7 Å². The first kappa shape index (κ1) is 15.9. The molecule has 0 amide bonds. The molecule has 24 heavy (non-hydrogen) atoms. The summed E-state index contributed by atoms with van der Waals surface area (Å²) >= 11 is 0. The Hall–Kier alpha value is -1.59. The van der Waals surface area contributed by atoms with Gasteiger partial charge in [-0.15, -0.1) is 0 Å². The second-order valence-electron chi connectivity index (χ2n) is 7.37. The van der Waals surface area contributed by atoms with Crippen molar-refractivity contribution in [3.05, 3.63) is 24.6 Å². The molecule has 0 aliphatic carbocycles. The van der Waals surface area contributed by atoms with Crippen LogP contribution in [-0.2, 0) is 4.74 Å². The average molecular weight is 329 g/mol. The molecule has 0 saturated carbocycles. The smallest absolute Gasteiger partial charge is 0.139 e. The van der Waals surface area contributed by atoms with Crippen LogP contribution in [0.3, 0.4) is 0 Å². The zero-order valence-corrected chi connectivity index (χ0v) is 14.6. The van der Waals surface area contributed by atoms with Crippen LogP contribution in [0.4, 0.5) is 5.82 Å². The fourth-order valence-electron chi connectivity index (χ4n) is 4.26. The van der Waals surface area contributed by atoms with Crippen LogP contribution in [0.25, 0.3) is 11.0 Å². The lowest BCUT2D eigenvalue weighted by molar-refractivity contribution is -0.0720. The molecule has 0 bridgehead atoms. The quantitative estimate of drug-likeness (QED) is 0.865. The van der Waals surface area contributed by atoms with Gasteiger partial charge in [-0.1, -0.05) is 0 Å². The summed E-state index contributed by atoms with van der Waals surface area (Å²) in [4.78, 5) is 9.61. The zero-order chi connectivity index (χ0) is 16.5. The van der Waals surface area contributed by atoms with E-state index in [1.807, 2.05) is 18.3 Å². The van der Waals surface area contributed by atoms with E-state index in [0.717, 1.165) is 48.9 Å². The number of aromatic nitrogens is 1. The third-order valence-electron chi connectivity index (χ3n) is 5.28. The minimum absolute atomic E-state index is 0.358. The Morgan fingerprint density at radius 1 is 1.12 bits per heavy atom. The highest BCUT2D eigenvalue weighted by atomic mass is 16.5. The molecular formula is C19H27N3O2. The van der Waals surface area contributed by atoms with Crippen LogP contribution in [-0.4, -0.2) is 54.8 Å². The molecule has 2 atom stereocenters. The van der Waals surface area contributed by atoms with Gasteiger partial charge in [0.05, 0.1) is 23.9 Å². The topological polar surface area (TPSA) is 41.7 Å². The SMILES string of the molecule is CC1CN(CC2CCN(c3nccc4occc34)CC2)CC(C)O1. The van der Waals surface area contributed by atoms with Gasteiger partial charge in [0.2, 0.25) is 0 Å². The van der Waals surface area contributed by atoms with Gasteiger partial charge in [0, 0.05) is 38.9 Å². The van der Waals surface area contributed by atoms with Gasteiger partial charge in [0.25, 0.3) is 0 Å². The Morgan fingerprint density at radius 2 is 1.88 bits per heavy atom. The molecule has 2 aliphatic rings. The second kappa shape index (κ2) is 6.73. The lowest BCUT2D eigenvalue weighted by Gasteiger charge is -2.39. The number of pyridine rings is 1. The predicted octanol–water partition coefficient (Wildman–Crippen LogP) is 3.15. The van der Waals surface area contributed by atoms with Gasteiger partial charge in [0.1, 0.15) is 11.4 Å². The first-order chi connectivity index (χ1) is 11.7. The van der Waals surface area contributed by atoms with Gasteiger partial charge < -0.3 is 14.1 Å². The van der Waals surface area contributed by atoms with Gasteiger partial charge in [-0.2, -0.15) is 0 Å². The van der Waals surface area contributed by atoms with E-state index < -0.39 is 0 Å². The zero-order valence-electron chi connectivity index (χ0n) is 14.6. The summed E-state index contributed by atoms with van der Waals surface area (Å²) in [6, 6.07) is 3.96. The molecule has 5 heteroatoms. The summed E-state index contributed by atoms with van der Waals surface area (Å²) in [6.45, 7) is 9.87. The number of hydrogen-bond acceptors (Lipinski definition) is 5. The minimum Gasteiger partial charge on any atom is -0.464 e. The lowest BCUT2D eigenvalue weighted by atomic mass is 9.95. The maximum Gasteiger partial charge on any atom is 0.139 e. The Kier molecular flexibility index (Phi) is 4.46. The normalized spacial score (nSPS) is 27.0. The molecule has 0 spiro atoms. The number of rotatable bonds is 3. The first-order valence-corrected chi connectivity index (χ1v) is 9.14. The molecule has 4 rings (SSSR count). The van der Waals surface area contributed by atoms with Gasteiger partial charge in [-0.05, 0) is 44.7 Å². The van der Waals surface area contributed by atoms with Crippen LogP contribution in [0, 0.1) is 5.92 Å². The second-order valence-corrected chi connectivity index (χ2v) is 7.37. The Bertz CT molecular complexity index is 668. The van der Waals surface area contributed by atoms with E-state index in [1.165, 1.54) is 19.4 Å². The summed E-state index contributed by atoms with van der Waals surface area (Å²) in [7, 11) is 0. The number of furan rings is 1. The van der Waals surface area contributed by atoms with Crippen molar-refractivity contribution in [2.24, 2.45) is 5.92 Å². The fourth-order valence-corrected chi connectivity index (χ4v) is 4.26. The third-order valence-corrected chi connectivity index (χ3v) is 5.28. The molecule has 2 unspecified atom stereocenters. The number of piperidine rings is 1. The molecule has 0 N–H and O–H groups in total. The van der Waals surface area contributed by atoms with Crippen molar-refractivity contribution in [3.8, 4) is 0 Å². The Balaban J connectivity index is 1.36. The van der Waals surface area contributed by atoms with Gasteiger partial charge >= 0.3 is 0 Å². The Morgan fingerprint density at radius 3 is 2.62 bits per heavy atom. The maximum atomic E-state index is 5.85. The predicted molar refractivity (Wildman–Crippen MR) is 95.4 cm³/mol. The molecule has 2 fully saturated rings. The van der Waals surface area contributed by atoms with E-state index >= 15 is 0 Å². The van der Waals surface area contributed by atoms with E-state index in [2.05, 4.69) is 28.6 Å². The molecular weight excluding hydrogens is 302 g/mol. The van der Waals surface area contributed by atoms with Gasteiger partial charge in [-0.3, -0.25) is 4.90 Å². The number of ether oxygens (including phenoxy) is 1. The lowest BCUT2D eigenvalue weighted by Crippen LogP contribution is -2.48. The summed E-state index contributed by atoms with van der Waals surface area (Å²) in [5.74, 6) is 1.86. The highest BCUT2D eigenvalue weighted by molar-refractivity contribution is 5.88. The largest absolute Gasteiger partial charge is 0.464 e. The van der Waals surface area contributed by atoms with Crippen molar-refractivity contribution >= 4 is 16.8 Å². The molecule has 5 nitrogen and oxygen atoms in total. The number of anilines is 1. The van der Waals surface area contributed by atoms with Crippen molar-refractivity contribution in [1.29, 1.82) is 0 Å². The Labute approximate surface area is 143 Å². The van der Waals surface area contributed by atoms with Crippen LogP contribution < -0.4 is 4.90 Å².